The normalized spacial score (nSPS) is 21.7. The Morgan fingerprint density at radius 3 is 2.70 bits per heavy atom. The summed E-state index contributed by atoms with van der Waals surface area (Å²) >= 11 is 0. The molecule has 2 rings (SSSR count). The molecule has 0 spiro atoms. The van der Waals surface area contributed by atoms with Crippen molar-refractivity contribution in [1.29, 1.82) is 0 Å². The topological polar surface area (TPSA) is 58.1 Å². The van der Waals surface area contributed by atoms with E-state index < -0.39 is 0 Å². The average molecular weight is 494 g/mol. The predicted octanol–water partition coefficient (Wildman–Crippen LogP) is 2.64. The van der Waals surface area contributed by atoms with Crippen LogP contribution in [0, 0.1) is 5.92 Å². The Morgan fingerprint density at radius 2 is 2.07 bits per heavy atom. The van der Waals surface area contributed by atoms with E-state index in [9.17, 15) is 0 Å². The Balaban J connectivity index is 0.00000364. The van der Waals surface area contributed by atoms with Crippen LogP contribution in [0.1, 0.15) is 39.5 Å². The summed E-state index contributed by atoms with van der Waals surface area (Å²) < 4.78 is 11.1. The standard InChI is InChI=1S/C20H38N4O2.HI/c1-4-21-20(22-9-5-12-25-15-18-8-13-26-16-18)23-19-6-10-24(11-7-19)14-17(2)3;/h18-19H,2,4-16H2,1,3H3,(H2,21,22,23);1H. The molecule has 7 heteroatoms. The van der Waals surface area contributed by atoms with Crippen LogP contribution in [0.5, 0.6) is 0 Å². The molecule has 1 atom stereocenters. The van der Waals surface area contributed by atoms with E-state index >= 15 is 0 Å². The molecule has 2 aliphatic rings. The van der Waals surface area contributed by atoms with Gasteiger partial charge < -0.3 is 20.1 Å². The summed E-state index contributed by atoms with van der Waals surface area (Å²) in [6.45, 7) is 16.5. The van der Waals surface area contributed by atoms with Crippen LogP contribution in [-0.4, -0.2) is 76.1 Å². The monoisotopic (exact) mass is 494 g/mol. The summed E-state index contributed by atoms with van der Waals surface area (Å²) in [4.78, 5) is 7.19. The van der Waals surface area contributed by atoms with Gasteiger partial charge in [0.25, 0.3) is 0 Å². The van der Waals surface area contributed by atoms with E-state index in [1.165, 1.54) is 5.57 Å². The first-order valence-corrected chi connectivity index (χ1v) is 10.2. The van der Waals surface area contributed by atoms with Crippen LogP contribution in [0.3, 0.4) is 0 Å². The van der Waals surface area contributed by atoms with Gasteiger partial charge in [0.2, 0.25) is 0 Å². The third-order valence-electron chi connectivity index (χ3n) is 4.86. The van der Waals surface area contributed by atoms with Crippen molar-refractivity contribution in [3.05, 3.63) is 12.2 Å². The Kier molecular flexibility index (Phi) is 13.3. The molecule has 2 fully saturated rings. The number of nitrogens with one attached hydrogen (secondary N) is 2. The first kappa shape index (κ1) is 24.7. The summed E-state index contributed by atoms with van der Waals surface area (Å²) in [6, 6.07) is 0.507. The molecule has 27 heavy (non-hydrogen) atoms. The van der Waals surface area contributed by atoms with Crippen LogP contribution in [0.15, 0.2) is 17.1 Å². The fraction of sp³-hybridized carbons (Fsp3) is 0.850. The van der Waals surface area contributed by atoms with Crippen molar-refractivity contribution >= 4 is 29.9 Å². The number of likely N-dealkylation sites (tertiary alicyclic amines) is 1. The molecule has 2 N–H and O–H groups in total. The van der Waals surface area contributed by atoms with Gasteiger partial charge >= 0.3 is 0 Å². The number of halogens is 1. The molecule has 0 bridgehead atoms. The average Bonchev–Trinajstić information content (AvgIpc) is 3.12. The summed E-state index contributed by atoms with van der Waals surface area (Å²) in [6.07, 6.45) is 4.41. The second kappa shape index (κ2) is 14.6. The maximum absolute atomic E-state index is 5.75. The second-order valence-corrected chi connectivity index (χ2v) is 7.57. The summed E-state index contributed by atoms with van der Waals surface area (Å²) in [5, 5.41) is 6.96. The third kappa shape index (κ3) is 10.7. The number of aliphatic imine (C=N–C) groups is 1. The zero-order valence-corrected chi connectivity index (χ0v) is 19.5. The van der Waals surface area contributed by atoms with Gasteiger partial charge in [0.1, 0.15) is 0 Å². The molecule has 0 amide bonds. The molecule has 0 radical (unpaired) electrons. The van der Waals surface area contributed by atoms with E-state index in [-0.39, 0.29) is 24.0 Å². The Hall–Kier alpha value is -0.380. The molecule has 2 saturated heterocycles. The molecule has 6 nitrogen and oxygen atoms in total. The molecule has 0 aromatic rings. The lowest BCUT2D eigenvalue weighted by Gasteiger charge is -2.33. The maximum atomic E-state index is 5.75. The predicted molar refractivity (Wildman–Crippen MR) is 123 cm³/mol. The molecule has 2 aliphatic heterocycles. The second-order valence-electron chi connectivity index (χ2n) is 7.57. The molecule has 158 valence electrons. The van der Waals surface area contributed by atoms with Crippen molar-refractivity contribution in [3.63, 3.8) is 0 Å². The minimum absolute atomic E-state index is 0. The number of hydrogen-bond acceptors (Lipinski definition) is 4. The fourth-order valence-electron chi connectivity index (χ4n) is 3.45. The zero-order chi connectivity index (χ0) is 18.6. The van der Waals surface area contributed by atoms with E-state index in [1.54, 1.807) is 0 Å². The van der Waals surface area contributed by atoms with Gasteiger partial charge in [-0.05, 0) is 39.5 Å². The molecule has 0 saturated carbocycles. The van der Waals surface area contributed by atoms with E-state index in [0.717, 1.165) is 90.8 Å². The van der Waals surface area contributed by atoms with Crippen LogP contribution >= 0.6 is 24.0 Å². The first-order valence-electron chi connectivity index (χ1n) is 10.2. The maximum Gasteiger partial charge on any atom is 0.191 e. The van der Waals surface area contributed by atoms with Crippen molar-refractivity contribution in [2.45, 2.75) is 45.6 Å². The van der Waals surface area contributed by atoms with Crippen LogP contribution < -0.4 is 10.6 Å². The van der Waals surface area contributed by atoms with Gasteiger partial charge in [-0.25, -0.2) is 0 Å². The van der Waals surface area contributed by atoms with Gasteiger partial charge in [0.15, 0.2) is 5.96 Å². The van der Waals surface area contributed by atoms with Crippen LogP contribution in [0.25, 0.3) is 0 Å². The highest BCUT2D eigenvalue weighted by Gasteiger charge is 2.19. The van der Waals surface area contributed by atoms with E-state index in [2.05, 4.69) is 36.0 Å². The number of guanidine groups is 1. The molecule has 0 aromatic carbocycles. The minimum Gasteiger partial charge on any atom is -0.381 e. The largest absolute Gasteiger partial charge is 0.381 e. The summed E-state index contributed by atoms with van der Waals surface area (Å²) in [7, 11) is 0. The Labute approximate surface area is 182 Å². The number of ether oxygens (including phenoxy) is 2. The zero-order valence-electron chi connectivity index (χ0n) is 17.2. The number of rotatable bonds is 10. The molecule has 0 aliphatic carbocycles. The van der Waals surface area contributed by atoms with Crippen molar-refractivity contribution in [3.8, 4) is 0 Å². The van der Waals surface area contributed by atoms with Gasteiger partial charge in [-0.15, -0.1) is 24.0 Å². The van der Waals surface area contributed by atoms with Gasteiger partial charge in [-0.1, -0.05) is 12.2 Å². The summed E-state index contributed by atoms with van der Waals surface area (Å²) in [5.74, 6) is 1.53. The SMILES string of the molecule is C=C(C)CN1CCC(NC(=NCCCOCC2CCOC2)NCC)CC1.I. The molecular formula is C20H39IN4O2. The molecule has 0 aromatic heterocycles. The van der Waals surface area contributed by atoms with E-state index in [1.807, 2.05) is 0 Å². The molecular weight excluding hydrogens is 455 g/mol. The fourth-order valence-corrected chi connectivity index (χ4v) is 3.45. The van der Waals surface area contributed by atoms with Gasteiger partial charge in [0, 0.05) is 57.9 Å². The lowest BCUT2D eigenvalue weighted by molar-refractivity contribution is 0.0893. The first-order chi connectivity index (χ1) is 12.7. The number of piperidine rings is 1. The third-order valence-corrected chi connectivity index (χ3v) is 4.86. The van der Waals surface area contributed by atoms with Gasteiger partial charge in [-0.2, -0.15) is 0 Å². The van der Waals surface area contributed by atoms with E-state index in [0.29, 0.717) is 12.0 Å². The number of hydrogen-bond donors (Lipinski definition) is 2. The highest BCUT2D eigenvalue weighted by molar-refractivity contribution is 14.0. The Bertz CT molecular complexity index is 434. The molecule has 2 heterocycles. The van der Waals surface area contributed by atoms with Crippen molar-refractivity contribution in [2.24, 2.45) is 10.9 Å². The lowest BCUT2D eigenvalue weighted by atomic mass is 10.0. The highest BCUT2D eigenvalue weighted by Crippen LogP contribution is 2.12. The van der Waals surface area contributed by atoms with Crippen LogP contribution in [-0.2, 0) is 9.47 Å². The Morgan fingerprint density at radius 1 is 1.30 bits per heavy atom. The van der Waals surface area contributed by atoms with Crippen LogP contribution in [0.4, 0.5) is 0 Å². The van der Waals surface area contributed by atoms with Gasteiger partial charge in [0.05, 0.1) is 13.2 Å². The quantitative estimate of drug-likeness (QED) is 0.161. The highest BCUT2D eigenvalue weighted by atomic mass is 127. The molecule has 1 unspecified atom stereocenters. The lowest BCUT2D eigenvalue weighted by Crippen LogP contribution is -2.48. The van der Waals surface area contributed by atoms with E-state index in [4.69, 9.17) is 14.5 Å². The minimum atomic E-state index is 0. The number of nitrogens with zero attached hydrogens (tertiary/aromatic N) is 2. The van der Waals surface area contributed by atoms with Crippen LogP contribution in [0.2, 0.25) is 0 Å². The summed E-state index contributed by atoms with van der Waals surface area (Å²) in [5.41, 5.74) is 1.24. The van der Waals surface area contributed by atoms with Gasteiger partial charge in [-0.3, -0.25) is 9.89 Å². The smallest absolute Gasteiger partial charge is 0.191 e. The van der Waals surface area contributed by atoms with Crippen molar-refractivity contribution in [2.75, 3.05) is 59.2 Å². The van der Waals surface area contributed by atoms with Crippen molar-refractivity contribution in [1.82, 2.24) is 15.5 Å². The van der Waals surface area contributed by atoms with Crippen molar-refractivity contribution < 1.29 is 9.47 Å².